The van der Waals surface area contributed by atoms with Crippen molar-refractivity contribution in [1.29, 1.82) is 0 Å². The summed E-state index contributed by atoms with van der Waals surface area (Å²) in [5, 5.41) is 0. The van der Waals surface area contributed by atoms with Crippen LogP contribution in [-0.2, 0) is 9.47 Å². The third-order valence-electron chi connectivity index (χ3n) is 4.68. The minimum absolute atomic E-state index is 0.327. The normalized spacial score (nSPS) is 25.9. The van der Waals surface area contributed by atoms with E-state index in [-0.39, 0.29) is 0 Å². The van der Waals surface area contributed by atoms with Crippen molar-refractivity contribution in [3.63, 3.8) is 0 Å². The van der Waals surface area contributed by atoms with Crippen LogP contribution in [0.25, 0.3) is 0 Å². The Morgan fingerprint density at radius 1 is 0.696 bits per heavy atom. The first-order chi connectivity index (χ1) is 11.4. The lowest BCUT2D eigenvalue weighted by Crippen LogP contribution is -2.38. The molecule has 0 saturated carbocycles. The van der Waals surface area contributed by atoms with E-state index in [1.807, 2.05) is 0 Å². The van der Waals surface area contributed by atoms with Crippen LogP contribution in [-0.4, -0.2) is 43.1 Å². The highest BCUT2D eigenvalue weighted by Crippen LogP contribution is 2.31. The van der Waals surface area contributed by atoms with Gasteiger partial charge in [0.2, 0.25) is 0 Å². The van der Waals surface area contributed by atoms with Crippen molar-refractivity contribution in [2.24, 2.45) is 0 Å². The van der Waals surface area contributed by atoms with E-state index in [1.54, 1.807) is 0 Å². The summed E-state index contributed by atoms with van der Waals surface area (Å²) in [5.74, 6) is 0. The lowest BCUT2D eigenvalue weighted by Gasteiger charge is -2.30. The molecule has 0 spiro atoms. The van der Waals surface area contributed by atoms with Crippen LogP contribution in [0.1, 0.15) is 23.2 Å². The molecule has 4 nitrogen and oxygen atoms in total. The quantitative estimate of drug-likeness (QED) is 0.867. The highest BCUT2D eigenvalue weighted by Gasteiger charge is 2.33. The Bertz CT molecular complexity index is 564. The second kappa shape index (κ2) is 6.81. The molecule has 2 aliphatic rings. The summed E-state index contributed by atoms with van der Waals surface area (Å²) in [5.41, 5.74) is 2.64. The molecule has 0 radical (unpaired) electrons. The predicted molar refractivity (Wildman–Crippen MR) is 88.5 cm³/mol. The molecule has 0 amide bonds. The molecular weight excluding hydrogens is 288 g/mol. The fourth-order valence-corrected chi connectivity index (χ4v) is 3.43. The molecule has 2 aromatic carbocycles. The molecule has 23 heavy (non-hydrogen) atoms. The Balaban J connectivity index is 1.48. The Morgan fingerprint density at radius 3 is 1.57 bits per heavy atom. The lowest BCUT2D eigenvalue weighted by molar-refractivity contribution is 0.0530. The van der Waals surface area contributed by atoms with Gasteiger partial charge in [0.25, 0.3) is 0 Å². The number of rotatable bonds is 4. The second-order valence-corrected chi connectivity index (χ2v) is 6.17. The summed E-state index contributed by atoms with van der Waals surface area (Å²) in [6, 6.07) is 21.9. The molecule has 2 aliphatic heterocycles. The van der Waals surface area contributed by atoms with E-state index in [4.69, 9.17) is 9.47 Å². The molecule has 2 atom stereocenters. The maximum atomic E-state index is 5.73. The molecule has 0 aliphatic carbocycles. The minimum Gasteiger partial charge on any atom is -0.364 e. The topological polar surface area (TPSA) is 24.9 Å². The first kappa shape index (κ1) is 14.8. The van der Waals surface area contributed by atoms with Gasteiger partial charge in [-0.25, -0.2) is 0 Å². The van der Waals surface area contributed by atoms with Gasteiger partial charge >= 0.3 is 0 Å². The highest BCUT2D eigenvalue weighted by molar-refractivity contribution is 5.21. The zero-order chi connectivity index (χ0) is 15.5. The second-order valence-electron chi connectivity index (χ2n) is 6.17. The maximum absolute atomic E-state index is 5.73. The van der Waals surface area contributed by atoms with E-state index >= 15 is 0 Å². The number of hydrogen-bond donors (Lipinski definition) is 0. The molecule has 0 unspecified atom stereocenters. The summed E-state index contributed by atoms with van der Waals surface area (Å²) < 4.78 is 11.5. The van der Waals surface area contributed by atoms with Gasteiger partial charge < -0.3 is 9.47 Å². The van der Waals surface area contributed by atoms with Crippen molar-refractivity contribution in [1.82, 2.24) is 9.80 Å². The van der Waals surface area contributed by atoms with Crippen molar-refractivity contribution >= 4 is 0 Å². The van der Waals surface area contributed by atoms with Crippen LogP contribution in [0.15, 0.2) is 60.7 Å². The fraction of sp³-hybridized carbons (Fsp3) is 0.368. The zero-order valence-electron chi connectivity index (χ0n) is 13.2. The van der Waals surface area contributed by atoms with Crippen molar-refractivity contribution in [3.05, 3.63) is 71.8 Å². The van der Waals surface area contributed by atoms with Crippen molar-refractivity contribution in [2.45, 2.75) is 12.1 Å². The monoisotopic (exact) mass is 310 g/mol. The van der Waals surface area contributed by atoms with Gasteiger partial charge in [0, 0.05) is 0 Å². The van der Waals surface area contributed by atoms with Gasteiger partial charge in [0.1, 0.15) is 13.5 Å². The molecular formula is C19H22N2O2. The summed E-state index contributed by atoms with van der Waals surface area (Å²) in [6.45, 7) is 3.73. The van der Waals surface area contributed by atoms with Gasteiger partial charge in [-0.1, -0.05) is 60.7 Å². The number of ether oxygens (including phenoxy) is 2. The van der Waals surface area contributed by atoms with Crippen molar-refractivity contribution < 1.29 is 9.47 Å². The highest BCUT2D eigenvalue weighted by atomic mass is 16.5. The fourth-order valence-electron chi connectivity index (χ4n) is 3.43. The van der Waals surface area contributed by atoms with Gasteiger partial charge in [0.05, 0.1) is 32.0 Å². The Kier molecular flexibility index (Phi) is 4.39. The van der Waals surface area contributed by atoms with Crippen LogP contribution in [0, 0.1) is 0 Å². The smallest absolute Gasteiger partial charge is 0.101 e. The van der Waals surface area contributed by atoms with Gasteiger partial charge in [-0.2, -0.15) is 0 Å². The summed E-state index contributed by atoms with van der Waals surface area (Å²) >= 11 is 0. The van der Waals surface area contributed by atoms with Crippen molar-refractivity contribution in [2.75, 3.05) is 33.3 Å². The third kappa shape index (κ3) is 3.16. The molecule has 4 heteroatoms. The zero-order valence-corrected chi connectivity index (χ0v) is 13.2. The number of nitrogens with zero attached hydrogens (tertiary/aromatic N) is 2. The number of benzene rings is 2. The Hall–Kier alpha value is -1.72. The van der Waals surface area contributed by atoms with E-state index in [2.05, 4.69) is 70.5 Å². The molecule has 0 bridgehead atoms. The van der Waals surface area contributed by atoms with Gasteiger partial charge in [-0.05, 0) is 11.1 Å². The Morgan fingerprint density at radius 2 is 1.13 bits per heavy atom. The molecule has 120 valence electrons. The van der Waals surface area contributed by atoms with Crippen LogP contribution in [0.4, 0.5) is 0 Å². The first-order valence-electron chi connectivity index (χ1n) is 8.15. The van der Waals surface area contributed by atoms with E-state index in [1.165, 1.54) is 11.1 Å². The average Bonchev–Trinajstić information content (AvgIpc) is 3.26. The van der Waals surface area contributed by atoms with Gasteiger partial charge in [-0.15, -0.1) is 0 Å². The van der Waals surface area contributed by atoms with Gasteiger partial charge in [0.15, 0.2) is 0 Å². The van der Waals surface area contributed by atoms with E-state index < -0.39 is 0 Å². The largest absolute Gasteiger partial charge is 0.364 e. The molecule has 2 fully saturated rings. The van der Waals surface area contributed by atoms with Crippen molar-refractivity contribution in [3.8, 4) is 0 Å². The lowest BCUT2D eigenvalue weighted by atomic mass is 10.1. The SMILES string of the molecule is c1ccc([C@H]2COCN2CN2COC[C@@H]2c2ccccc2)cc1. The van der Waals surface area contributed by atoms with E-state index in [0.29, 0.717) is 25.5 Å². The molecule has 2 saturated heterocycles. The molecule has 2 aromatic rings. The third-order valence-corrected chi connectivity index (χ3v) is 4.68. The van der Waals surface area contributed by atoms with Crippen LogP contribution in [0.2, 0.25) is 0 Å². The maximum Gasteiger partial charge on any atom is 0.101 e. The molecule has 0 N–H and O–H groups in total. The van der Waals surface area contributed by atoms with Crippen LogP contribution in [0.3, 0.4) is 0 Å². The van der Waals surface area contributed by atoms with Crippen LogP contribution in [0.5, 0.6) is 0 Å². The van der Waals surface area contributed by atoms with Crippen LogP contribution < -0.4 is 0 Å². The molecule has 2 heterocycles. The number of hydrogen-bond acceptors (Lipinski definition) is 4. The summed E-state index contributed by atoms with van der Waals surface area (Å²) in [7, 11) is 0. The van der Waals surface area contributed by atoms with E-state index in [0.717, 1.165) is 19.9 Å². The predicted octanol–water partition coefficient (Wildman–Crippen LogP) is 3.01. The Labute approximate surface area is 137 Å². The summed E-state index contributed by atoms with van der Waals surface area (Å²) in [4.78, 5) is 4.78. The van der Waals surface area contributed by atoms with Crippen LogP contribution >= 0.6 is 0 Å². The van der Waals surface area contributed by atoms with Gasteiger partial charge in [-0.3, -0.25) is 9.80 Å². The summed E-state index contributed by atoms with van der Waals surface area (Å²) in [6.07, 6.45) is 0. The minimum atomic E-state index is 0.327. The molecule has 0 aromatic heterocycles. The first-order valence-corrected chi connectivity index (χ1v) is 8.15. The molecule has 4 rings (SSSR count). The standard InChI is InChI=1S/C19H22N2O2/c1-3-7-16(8-4-1)18-11-22-14-20(18)13-21-15-23-12-19(21)17-9-5-2-6-10-17/h1-10,18-19H,11-15H2/t18-,19-/m1/s1. The average molecular weight is 310 g/mol. The van der Waals surface area contributed by atoms with E-state index in [9.17, 15) is 0 Å².